The third-order valence-electron chi connectivity index (χ3n) is 2.28. The van der Waals surface area contributed by atoms with Crippen molar-refractivity contribution in [3.63, 3.8) is 0 Å². The van der Waals surface area contributed by atoms with Crippen molar-refractivity contribution in [3.8, 4) is 0 Å². The minimum Gasteiger partial charge on any atom is -0.481 e. The summed E-state index contributed by atoms with van der Waals surface area (Å²) >= 11 is 0. The van der Waals surface area contributed by atoms with Gasteiger partial charge in [-0.15, -0.1) is 0 Å². The number of nitrogens with two attached hydrogens (primary N) is 1. The van der Waals surface area contributed by atoms with E-state index in [1.54, 1.807) is 13.8 Å². The number of hydrogen-bond donors (Lipinski definition) is 4. The van der Waals surface area contributed by atoms with E-state index >= 15 is 0 Å². The van der Waals surface area contributed by atoms with Crippen LogP contribution in [0.2, 0.25) is 0 Å². The molecule has 2 atom stereocenters. The van der Waals surface area contributed by atoms with Gasteiger partial charge in [0, 0.05) is 6.42 Å². The largest absolute Gasteiger partial charge is 0.481 e. The SMILES string of the molecule is CC(C)C(N)C(=O)NC(CCC(=O)O)C(=O)O. The number of carboxylic acids is 2. The summed E-state index contributed by atoms with van der Waals surface area (Å²) in [7, 11) is 0. The molecule has 0 fully saturated rings. The van der Waals surface area contributed by atoms with Crippen molar-refractivity contribution in [2.45, 2.75) is 38.8 Å². The first-order valence-electron chi connectivity index (χ1n) is 5.26. The van der Waals surface area contributed by atoms with Gasteiger partial charge < -0.3 is 21.3 Å². The van der Waals surface area contributed by atoms with E-state index in [-0.39, 0.29) is 18.8 Å². The van der Waals surface area contributed by atoms with Gasteiger partial charge in [0.15, 0.2) is 0 Å². The fourth-order valence-electron chi connectivity index (χ4n) is 1.10. The van der Waals surface area contributed by atoms with Crippen LogP contribution in [0.5, 0.6) is 0 Å². The number of aliphatic carboxylic acids is 2. The second-order valence-electron chi connectivity index (χ2n) is 4.10. The maximum atomic E-state index is 11.5. The first-order valence-corrected chi connectivity index (χ1v) is 5.26. The van der Waals surface area contributed by atoms with Crippen LogP contribution in [0.4, 0.5) is 0 Å². The predicted molar refractivity (Wildman–Crippen MR) is 59.2 cm³/mol. The lowest BCUT2D eigenvalue weighted by Crippen LogP contribution is -2.50. The molecule has 0 bridgehead atoms. The summed E-state index contributed by atoms with van der Waals surface area (Å²) in [5, 5.41) is 19.5. The first kappa shape index (κ1) is 15.4. The van der Waals surface area contributed by atoms with Crippen molar-refractivity contribution in [3.05, 3.63) is 0 Å². The molecule has 0 aromatic carbocycles. The van der Waals surface area contributed by atoms with Gasteiger partial charge in [-0.05, 0) is 12.3 Å². The van der Waals surface area contributed by atoms with Crippen LogP contribution >= 0.6 is 0 Å². The average molecular weight is 246 g/mol. The van der Waals surface area contributed by atoms with E-state index in [0.29, 0.717) is 0 Å². The standard InChI is InChI=1S/C10H18N2O5/c1-5(2)8(11)9(15)12-6(10(16)17)3-4-7(13)14/h5-6,8H,3-4,11H2,1-2H3,(H,12,15)(H,13,14)(H,16,17). The van der Waals surface area contributed by atoms with Gasteiger partial charge in [0.05, 0.1) is 6.04 Å². The Bertz CT molecular complexity index is 303. The highest BCUT2D eigenvalue weighted by Crippen LogP contribution is 2.02. The number of amides is 1. The highest BCUT2D eigenvalue weighted by molar-refractivity contribution is 5.87. The lowest BCUT2D eigenvalue weighted by Gasteiger charge is -2.19. The highest BCUT2D eigenvalue weighted by Gasteiger charge is 2.25. The summed E-state index contributed by atoms with van der Waals surface area (Å²) in [5.74, 6) is -3.09. The van der Waals surface area contributed by atoms with Crippen LogP contribution in [0.3, 0.4) is 0 Å². The molecule has 0 aliphatic carbocycles. The summed E-state index contributed by atoms with van der Waals surface area (Å²) in [6.45, 7) is 3.47. The second kappa shape index (κ2) is 6.85. The van der Waals surface area contributed by atoms with Gasteiger partial charge in [0.2, 0.25) is 5.91 Å². The van der Waals surface area contributed by atoms with E-state index in [4.69, 9.17) is 15.9 Å². The number of carboxylic acid groups (broad SMARTS) is 2. The van der Waals surface area contributed by atoms with E-state index in [1.165, 1.54) is 0 Å². The van der Waals surface area contributed by atoms with Crippen LogP contribution in [0.15, 0.2) is 0 Å². The third-order valence-corrected chi connectivity index (χ3v) is 2.28. The van der Waals surface area contributed by atoms with Crippen LogP contribution in [0, 0.1) is 5.92 Å². The molecule has 17 heavy (non-hydrogen) atoms. The number of carbonyl (C=O) groups is 3. The van der Waals surface area contributed by atoms with Gasteiger partial charge in [-0.25, -0.2) is 4.79 Å². The van der Waals surface area contributed by atoms with E-state index < -0.39 is 29.9 Å². The van der Waals surface area contributed by atoms with Crippen molar-refractivity contribution in [2.75, 3.05) is 0 Å². The third kappa shape index (κ3) is 5.86. The lowest BCUT2D eigenvalue weighted by atomic mass is 10.0. The zero-order valence-electron chi connectivity index (χ0n) is 9.84. The van der Waals surface area contributed by atoms with Gasteiger partial charge in [0.1, 0.15) is 6.04 Å². The Labute approximate surface area is 99.0 Å². The fourth-order valence-corrected chi connectivity index (χ4v) is 1.10. The predicted octanol–water partition coefficient (Wildman–Crippen LogP) is -0.596. The van der Waals surface area contributed by atoms with Crippen LogP contribution in [0.25, 0.3) is 0 Å². The van der Waals surface area contributed by atoms with Gasteiger partial charge in [-0.2, -0.15) is 0 Å². The highest BCUT2D eigenvalue weighted by atomic mass is 16.4. The van der Waals surface area contributed by atoms with Crippen molar-refractivity contribution >= 4 is 17.8 Å². The van der Waals surface area contributed by atoms with Crippen molar-refractivity contribution in [1.29, 1.82) is 0 Å². The lowest BCUT2D eigenvalue weighted by molar-refractivity contribution is -0.143. The molecule has 0 spiro atoms. The van der Waals surface area contributed by atoms with E-state index in [0.717, 1.165) is 0 Å². The normalized spacial score (nSPS) is 14.1. The fraction of sp³-hybridized carbons (Fsp3) is 0.700. The molecule has 0 saturated carbocycles. The Hall–Kier alpha value is -1.63. The number of hydrogen-bond acceptors (Lipinski definition) is 4. The van der Waals surface area contributed by atoms with Crippen LogP contribution in [-0.4, -0.2) is 40.1 Å². The van der Waals surface area contributed by atoms with E-state index in [2.05, 4.69) is 5.32 Å². The van der Waals surface area contributed by atoms with Gasteiger partial charge in [0.25, 0.3) is 0 Å². The van der Waals surface area contributed by atoms with E-state index in [9.17, 15) is 14.4 Å². The number of nitrogens with one attached hydrogen (secondary N) is 1. The minimum atomic E-state index is -1.27. The zero-order chi connectivity index (χ0) is 13.6. The zero-order valence-corrected chi connectivity index (χ0v) is 9.84. The monoisotopic (exact) mass is 246 g/mol. The maximum Gasteiger partial charge on any atom is 0.326 e. The van der Waals surface area contributed by atoms with Crippen molar-refractivity contribution in [1.82, 2.24) is 5.32 Å². The van der Waals surface area contributed by atoms with Crippen LogP contribution < -0.4 is 11.1 Å². The van der Waals surface area contributed by atoms with Gasteiger partial charge in [-0.1, -0.05) is 13.8 Å². The molecule has 0 aromatic rings. The first-order chi connectivity index (χ1) is 7.75. The molecule has 1 amide bonds. The van der Waals surface area contributed by atoms with Crippen molar-refractivity contribution in [2.24, 2.45) is 11.7 Å². The Morgan fingerprint density at radius 2 is 1.76 bits per heavy atom. The van der Waals surface area contributed by atoms with Gasteiger partial charge in [-0.3, -0.25) is 9.59 Å². The Balaban J connectivity index is 4.39. The summed E-state index contributed by atoms with van der Waals surface area (Å²) in [5.41, 5.74) is 5.54. The molecule has 0 rings (SSSR count). The average Bonchev–Trinajstić information content (AvgIpc) is 2.21. The molecule has 0 aliphatic heterocycles. The molecule has 0 radical (unpaired) electrons. The molecular formula is C10H18N2O5. The molecule has 0 heterocycles. The number of carbonyl (C=O) groups excluding carboxylic acids is 1. The Morgan fingerprint density at radius 1 is 1.24 bits per heavy atom. The molecule has 0 aromatic heterocycles. The van der Waals surface area contributed by atoms with Crippen LogP contribution in [-0.2, 0) is 14.4 Å². The molecule has 2 unspecified atom stereocenters. The molecule has 0 aliphatic rings. The number of rotatable bonds is 7. The van der Waals surface area contributed by atoms with E-state index in [1.807, 2.05) is 0 Å². The molecule has 5 N–H and O–H groups in total. The topological polar surface area (TPSA) is 130 Å². The Kier molecular flexibility index (Phi) is 6.19. The summed E-state index contributed by atoms with van der Waals surface area (Å²) in [6, 6.07) is -2.02. The molecular weight excluding hydrogens is 228 g/mol. The van der Waals surface area contributed by atoms with Gasteiger partial charge >= 0.3 is 11.9 Å². The maximum absolute atomic E-state index is 11.5. The summed E-state index contributed by atoms with van der Waals surface area (Å²) in [6.07, 6.45) is -0.491. The molecule has 7 heteroatoms. The smallest absolute Gasteiger partial charge is 0.326 e. The van der Waals surface area contributed by atoms with Crippen molar-refractivity contribution < 1.29 is 24.6 Å². The summed E-state index contributed by atoms with van der Waals surface area (Å²) < 4.78 is 0. The quantitative estimate of drug-likeness (QED) is 0.474. The van der Waals surface area contributed by atoms with Crippen LogP contribution in [0.1, 0.15) is 26.7 Å². The summed E-state index contributed by atoms with van der Waals surface area (Å²) in [4.78, 5) is 32.6. The molecule has 7 nitrogen and oxygen atoms in total. The Morgan fingerprint density at radius 3 is 2.12 bits per heavy atom. The minimum absolute atomic E-state index is 0.121. The molecule has 0 saturated heterocycles. The molecule has 98 valence electrons. The second-order valence-corrected chi connectivity index (χ2v) is 4.10.